The van der Waals surface area contributed by atoms with E-state index in [1.165, 1.54) is 6.33 Å². The Balaban J connectivity index is 1.64. The molecule has 5 aromatic rings. The lowest BCUT2D eigenvalue weighted by molar-refractivity contribution is 0.00817. The summed E-state index contributed by atoms with van der Waals surface area (Å²) in [6.45, 7) is 13.8. The molecule has 2 aromatic heterocycles. The minimum Gasteiger partial charge on any atom is -0.444 e. The number of likely N-dealkylation sites (tertiary alicyclic amines) is 1. The second kappa shape index (κ2) is 16.6. The van der Waals surface area contributed by atoms with Crippen LogP contribution in [0.3, 0.4) is 0 Å². The summed E-state index contributed by atoms with van der Waals surface area (Å²) in [6.07, 6.45) is 9.89. The molecule has 2 amide bonds. The molecule has 10 nitrogen and oxygen atoms in total. The summed E-state index contributed by atoms with van der Waals surface area (Å²) >= 11 is 0. The molecule has 6 rings (SSSR count). The normalized spacial score (nSPS) is 16.3. The molecule has 292 valence electrons. The van der Waals surface area contributed by atoms with Crippen LogP contribution in [0, 0.1) is 12.3 Å². The van der Waals surface area contributed by atoms with Crippen LogP contribution in [0.2, 0.25) is 0 Å². The number of ether oxygens (including phenoxy) is 3. The molecule has 0 spiro atoms. The highest BCUT2D eigenvalue weighted by Crippen LogP contribution is 2.45. The molecule has 0 bridgehead atoms. The number of hydrogen-bond donors (Lipinski definition) is 0. The van der Waals surface area contributed by atoms with Gasteiger partial charge in [-0.2, -0.15) is 0 Å². The summed E-state index contributed by atoms with van der Waals surface area (Å²) in [5.74, 6) is 2.95. The number of aromatic nitrogens is 3. The van der Waals surface area contributed by atoms with Gasteiger partial charge in [0.1, 0.15) is 35.3 Å². The molecule has 1 aliphatic rings. The van der Waals surface area contributed by atoms with Gasteiger partial charge in [-0.3, -0.25) is 4.90 Å². The molecule has 10 heteroatoms. The van der Waals surface area contributed by atoms with Crippen LogP contribution < -0.4 is 4.90 Å². The Bertz CT molecular complexity index is 2050. The summed E-state index contributed by atoms with van der Waals surface area (Å²) in [5.41, 5.74) is 2.12. The number of rotatable bonds is 10. The van der Waals surface area contributed by atoms with Crippen LogP contribution in [0.15, 0.2) is 104 Å². The molecule has 0 N–H and O–H groups in total. The number of carbonyl (C=O) groups is 2. The number of benzene rings is 3. The van der Waals surface area contributed by atoms with Gasteiger partial charge in [0, 0.05) is 18.8 Å². The number of terminal acetylenes is 1. The molecular weight excluding hydrogens is 703 g/mol. The number of piperidine rings is 1. The molecule has 3 aromatic carbocycles. The standard InChI is InChI=1S/C46H53N5O5/c1-9-28-54-29-27-34-30-50(46(35-19-13-10-14-20-35,36-21-15-11-16-22-36)37-23-17-12-18-24-37)40-39(34)41(48-32-47-40)51(43(53)56-45(6,7)8)38-26-25-33(2)49(31-38)42(52)55-44(3,4)5/h1,10-24,30,32-33,38H,25-29,31H2,2-8H3/t33-,38+/m0/s1. The van der Waals surface area contributed by atoms with Crippen LogP contribution in [0.5, 0.6) is 0 Å². The van der Waals surface area contributed by atoms with Crippen molar-refractivity contribution in [2.75, 3.05) is 24.7 Å². The van der Waals surface area contributed by atoms with Crippen molar-refractivity contribution in [2.24, 2.45) is 0 Å². The number of amides is 2. The lowest BCUT2D eigenvalue weighted by atomic mass is 9.76. The first-order valence-corrected chi connectivity index (χ1v) is 19.3. The van der Waals surface area contributed by atoms with E-state index in [-0.39, 0.29) is 19.2 Å². The summed E-state index contributed by atoms with van der Waals surface area (Å²) < 4.78 is 20.0. The minimum atomic E-state index is -0.907. The third-order valence-corrected chi connectivity index (χ3v) is 9.95. The molecule has 0 unspecified atom stereocenters. The molecule has 1 saturated heterocycles. The smallest absolute Gasteiger partial charge is 0.416 e. The number of carbonyl (C=O) groups excluding carboxylic acids is 2. The Morgan fingerprint density at radius 2 is 1.38 bits per heavy atom. The zero-order chi connectivity index (χ0) is 40.1. The third-order valence-electron chi connectivity index (χ3n) is 9.95. The van der Waals surface area contributed by atoms with Crippen molar-refractivity contribution in [3.63, 3.8) is 0 Å². The molecule has 0 radical (unpaired) electrons. The third kappa shape index (κ3) is 8.43. The van der Waals surface area contributed by atoms with E-state index in [4.69, 9.17) is 30.6 Å². The molecule has 2 atom stereocenters. The van der Waals surface area contributed by atoms with Crippen molar-refractivity contribution >= 4 is 29.0 Å². The Labute approximate surface area is 330 Å². The summed E-state index contributed by atoms with van der Waals surface area (Å²) in [6, 6.07) is 30.5. The van der Waals surface area contributed by atoms with Crippen LogP contribution in [0.25, 0.3) is 11.0 Å². The van der Waals surface area contributed by atoms with Gasteiger partial charge in [0.15, 0.2) is 5.82 Å². The van der Waals surface area contributed by atoms with E-state index >= 15 is 0 Å². The first kappa shape index (κ1) is 40.0. The maximum Gasteiger partial charge on any atom is 0.416 e. The predicted octanol–water partition coefficient (Wildman–Crippen LogP) is 8.99. The zero-order valence-corrected chi connectivity index (χ0v) is 33.6. The van der Waals surface area contributed by atoms with Crippen LogP contribution in [0.1, 0.15) is 83.6 Å². The van der Waals surface area contributed by atoms with Gasteiger partial charge < -0.3 is 23.7 Å². The summed E-state index contributed by atoms with van der Waals surface area (Å²) in [5, 5.41) is 0.678. The number of fused-ring (bicyclic) bond motifs is 1. The first-order chi connectivity index (χ1) is 26.7. The molecule has 0 saturated carbocycles. The molecule has 56 heavy (non-hydrogen) atoms. The highest BCUT2D eigenvalue weighted by atomic mass is 16.6. The van der Waals surface area contributed by atoms with E-state index in [1.807, 2.05) is 103 Å². The maximum absolute atomic E-state index is 14.6. The second-order valence-corrected chi connectivity index (χ2v) is 16.3. The predicted molar refractivity (Wildman–Crippen MR) is 220 cm³/mol. The maximum atomic E-state index is 14.6. The monoisotopic (exact) mass is 755 g/mol. The molecule has 0 aliphatic carbocycles. The SMILES string of the molecule is C#CCOCCc1cn(C(c2ccccc2)(c2ccccc2)c2ccccc2)c2ncnc(N(C(=O)OC(C)(C)C)[C@@H]3CC[C@H](C)N(C(=O)OC(C)(C)C)C3)c12. The van der Waals surface area contributed by atoms with Gasteiger partial charge in [0.05, 0.1) is 18.0 Å². The van der Waals surface area contributed by atoms with Crippen LogP contribution >= 0.6 is 0 Å². The van der Waals surface area contributed by atoms with Gasteiger partial charge in [-0.15, -0.1) is 6.42 Å². The van der Waals surface area contributed by atoms with E-state index in [2.05, 4.69) is 53.1 Å². The van der Waals surface area contributed by atoms with Crippen molar-refractivity contribution < 1.29 is 23.8 Å². The highest BCUT2D eigenvalue weighted by molar-refractivity contribution is 6.00. The van der Waals surface area contributed by atoms with E-state index in [1.54, 1.807) is 9.80 Å². The van der Waals surface area contributed by atoms with Gasteiger partial charge in [-0.25, -0.2) is 19.6 Å². The Hall–Kier alpha value is -5.66. The number of hydrogen-bond acceptors (Lipinski definition) is 7. The number of anilines is 1. The van der Waals surface area contributed by atoms with Gasteiger partial charge in [-0.05, 0) is 90.0 Å². The largest absolute Gasteiger partial charge is 0.444 e. The molecule has 3 heterocycles. The molecule has 1 aliphatic heterocycles. The highest BCUT2D eigenvalue weighted by Gasteiger charge is 2.43. The van der Waals surface area contributed by atoms with Crippen molar-refractivity contribution in [1.29, 1.82) is 0 Å². The first-order valence-electron chi connectivity index (χ1n) is 19.3. The average molecular weight is 756 g/mol. The Kier molecular flexibility index (Phi) is 11.9. The molecule has 1 fully saturated rings. The average Bonchev–Trinajstić information content (AvgIpc) is 3.53. The fraction of sp³-hybridized carbons (Fsp3) is 0.391. The second-order valence-electron chi connectivity index (χ2n) is 16.3. The summed E-state index contributed by atoms with van der Waals surface area (Å²) in [4.78, 5) is 41.5. The van der Waals surface area contributed by atoms with Crippen LogP contribution in [-0.4, -0.2) is 74.7 Å². The van der Waals surface area contributed by atoms with Gasteiger partial charge in [-0.1, -0.05) is 96.9 Å². The van der Waals surface area contributed by atoms with Crippen molar-refractivity contribution in [3.8, 4) is 12.3 Å². The van der Waals surface area contributed by atoms with E-state index in [0.717, 1.165) is 22.3 Å². The topological polar surface area (TPSA) is 99.0 Å². The fourth-order valence-corrected chi connectivity index (χ4v) is 7.61. The van der Waals surface area contributed by atoms with Crippen molar-refractivity contribution in [1.82, 2.24) is 19.4 Å². The van der Waals surface area contributed by atoms with E-state index in [9.17, 15) is 9.59 Å². The van der Waals surface area contributed by atoms with Gasteiger partial charge in [0.2, 0.25) is 0 Å². The lowest BCUT2D eigenvalue weighted by Crippen LogP contribution is -2.56. The van der Waals surface area contributed by atoms with Crippen LogP contribution in [-0.2, 0) is 26.2 Å². The van der Waals surface area contributed by atoms with Crippen molar-refractivity contribution in [2.45, 2.75) is 96.6 Å². The fourth-order valence-electron chi connectivity index (χ4n) is 7.61. The van der Waals surface area contributed by atoms with Gasteiger partial charge >= 0.3 is 12.2 Å². The van der Waals surface area contributed by atoms with E-state index < -0.39 is 35.0 Å². The van der Waals surface area contributed by atoms with Crippen molar-refractivity contribution in [3.05, 3.63) is 126 Å². The quantitative estimate of drug-likeness (QED) is 0.0797. The Morgan fingerprint density at radius 1 is 0.821 bits per heavy atom. The van der Waals surface area contributed by atoms with Crippen LogP contribution in [0.4, 0.5) is 15.4 Å². The molecular formula is C46H53N5O5. The lowest BCUT2D eigenvalue weighted by Gasteiger charge is -2.42. The van der Waals surface area contributed by atoms with E-state index in [0.29, 0.717) is 42.7 Å². The summed E-state index contributed by atoms with van der Waals surface area (Å²) in [7, 11) is 0. The number of nitrogens with zero attached hydrogens (tertiary/aromatic N) is 5. The zero-order valence-electron chi connectivity index (χ0n) is 33.6. The Morgan fingerprint density at radius 3 is 1.89 bits per heavy atom. The van der Waals surface area contributed by atoms with Gasteiger partial charge in [0.25, 0.3) is 0 Å². The minimum absolute atomic E-state index is 0.0970.